The average molecular weight is 314 g/mol. The average Bonchev–Trinajstić information content (AvgIpc) is 2.38. The Labute approximate surface area is 126 Å². The number of benzene rings is 1. The second-order valence-corrected chi connectivity index (χ2v) is 7.31. The van der Waals surface area contributed by atoms with Gasteiger partial charge in [-0.15, -0.1) is 0 Å². The molecule has 0 aromatic heterocycles. The van der Waals surface area contributed by atoms with E-state index in [-0.39, 0.29) is 16.5 Å². The maximum absolute atomic E-state index is 14.0. The normalized spacial score (nSPS) is 16.0. The van der Waals surface area contributed by atoms with Crippen molar-refractivity contribution in [3.8, 4) is 0 Å². The van der Waals surface area contributed by atoms with Gasteiger partial charge in [-0.05, 0) is 50.4 Å². The van der Waals surface area contributed by atoms with Crippen molar-refractivity contribution >= 4 is 10.0 Å². The first-order valence-corrected chi connectivity index (χ1v) is 8.94. The maximum atomic E-state index is 14.0. The molecule has 0 spiro atoms. The van der Waals surface area contributed by atoms with Crippen LogP contribution in [0.5, 0.6) is 0 Å². The largest absolute Gasteiger partial charge is 0.313 e. The van der Waals surface area contributed by atoms with Crippen LogP contribution >= 0.6 is 0 Å². The van der Waals surface area contributed by atoms with Gasteiger partial charge < -0.3 is 5.32 Å². The Morgan fingerprint density at radius 2 is 2.05 bits per heavy atom. The van der Waals surface area contributed by atoms with E-state index in [1.807, 2.05) is 6.92 Å². The zero-order chi connectivity index (χ0) is 15.5. The Kier molecular flexibility index (Phi) is 5.35. The van der Waals surface area contributed by atoms with Crippen molar-refractivity contribution in [3.05, 3.63) is 29.1 Å². The van der Waals surface area contributed by atoms with E-state index in [0.717, 1.165) is 32.2 Å². The monoisotopic (exact) mass is 314 g/mol. The van der Waals surface area contributed by atoms with Gasteiger partial charge in [-0.1, -0.05) is 13.3 Å². The van der Waals surface area contributed by atoms with Crippen LogP contribution in [0.4, 0.5) is 4.39 Å². The molecule has 2 rings (SSSR count). The number of hydrogen-bond donors (Lipinski definition) is 2. The highest BCUT2D eigenvalue weighted by molar-refractivity contribution is 7.89. The molecule has 1 aromatic carbocycles. The summed E-state index contributed by atoms with van der Waals surface area (Å²) in [5.74, 6) is -0.472. The van der Waals surface area contributed by atoms with E-state index in [1.165, 1.54) is 13.0 Å². The summed E-state index contributed by atoms with van der Waals surface area (Å²) in [7, 11) is -3.64. The van der Waals surface area contributed by atoms with Crippen LogP contribution in [0.25, 0.3) is 0 Å². The highest BCUT2D eigenvalue weighted by Crippen LogP contribution is 2.24. The topological polar surface area (TPSA) is 58.2 Å². The van der Waals surface area contributed by atoms with Crippen LogP contribution in [0.15, 0.2) is 17.0 Å². The second kappa shape index (κ2) is 6.85. The Morgan fingerprint density at radius 3 is 2.62 bits per heavy atom. The van der Waals surface area contributed by atoms with Crippen molar-refractivity contribution in [1.82, 2.24) is 10.0 Å². The summed E-state index contributed by atoms with van der Waals surface area (Å²) in [6.07, 6.45) is 3.74. The molecule has 118 valence electrons. The lowest BCUT2D eigenvalue weighted by atomic mass is 9.94. The second-order valence-electron chi connectivity index (χ2n) is 5.63. The Morgan fingerprint density at radius 1 is 1.33 bits per heavy atom. The zero-order valence-electron chi connectivity index (χ0n) is 12.6. The fourth-order valence-corrected chi connectivity index (χ4v) is 3.92. The molecule has 0 bridgehead atoms. The molecular weight excluding hydrogens is 291 g/mol. The van der Waals surface area contributed by atoms with Crippen molar-refractivity contribution in [3.63, 3.8) is 0 Å². The predicted molar refractivity (Wildman–Crippen MR) is 81.1 cm³/mol. The molecule has 0 heterocycles. The van der Waals surface area contributed by atoms with Gasteiger partial charge in [0.25, 0.3) is 0 Å². The Bertz CT molecular complexity index is 598. The number of halogens is 1. The number of sulfonamides is 1. The quantitative estimate of drug-likeness (QED) is 0.760. The molecule has 6 heteroatoms. The standard InChI is InChI=1S/C15H23FN2O2S/c1-3-7-17-10-12-8-14(16)11(2)15(9-12)21(19,20)18-13-5-4-6-13/h8-9,13,17-18H,3-7,10H2,1-2H3. The number of nitrogens with one attached hydrogen (secondary N) is 2. The fourth-order valence-electron chi connectivity index (χ4n) is 2.31. The Balaban J connectivity index is 2.23. The van der Waals surface area contributed by atoms with E-state index in [0.29, 0.717) is 12.1 Å². The van der Waals surface area contributed by atoms with Crippen molar-refractivity contribution in [1.29, 1.82) is 0 Å². The van der Waals surface area contributed by atoms with Crippen LogP contribution in [0, 0.1) is 12.7 Å². The molecule has 1 aliphatic carbocycles. The van der Waals surface area contributed by atoms with Crippen LogP contribution in [-0.2, 0) is 16.6 Å². The molecule has 0 unspecified atom stereocenters. The molecule has 2 N–H and O–H groups in total. The maximum Gasteiger partial charge on any atom is 0.241 e. The lowest BCUT2D eigenvalue weighted by Crippen LogP contribution is -2.39. The first kappa shape index (κ1) is 16.4. The lowest BCUT2D eigenvalue weighted by Gasteiger charge is -2.26. The highest BCUT2D eigenvalue weighted by Gasteiger charge is 2.27. The van der Waals surface area contributed by atoms with Gasteiger partial charge in [0, 0.05) is 18.2 Å². The minimum absolute atomic E-state index is 0.000617. The van der Waals surface area contributed by atoms with Crippen LogP contribution in [0.1, 0.15) is 43.7 Å². The first-order chi connectivity index (χ1) is 9.94. The summed E-state index contributed by atoms with van der Waals surface area (Å²) in [5.41, 5.74) is 0.835. The van der Waals surface area contributed by atoms with E-state index in [1.54, 1.807) is 6.07 Å². The molecule has 1 aromatic rings. The minimum atomic E-state index is -3.64. The van der Waals surface area contributed by atoms with Crippen LogP contribution in [0.2, 0.25) is 0 Å². The summed E-state index contributed by atoms with van der Waals surface area (Å²) in [4.78, 5) is 0.0581. The van der Waals surface area contributed by atoms with Crippen molar-refractivity contribution in [2.75, 3.05) is 6.54 Å². The smallest absolute Gasteiger partial charge is 0.241 e. The molecule has 0 aliphatic heterocycles. The molecule has 0 atom stereocenters. The predicted octanol–water partition coefficient (Wildman–Crippen LogP) is 2.46. The summed E-state index contributed by atoms with van der Waals surface area (Å²) >= 11 is 0. The van der Waals surface area contributed by atoms with E-state index < -0.39 is 15.8 Å². The van der Waals surface area contributed by atoms with Crippen molar-refractivity contribution in [2.24, 2.45) is 0 Å². The number of rotatable bonds is 7. The lowest BCUT2D eigenvalue weighted by molar-refractivity contribution is 0.383. The van der Waals surface area contributed by atoms with E-state index in [2.05, 4.69) is 10.0 Å². The van der Waals surface area contributed by atoms with Gasteiger partial charge in [-0.3, -0.25) is 0 Å². The third kappa shape index (κ3) is 4.02. The van der Waals surface area contributed by atoms with Gasteiger partial charge in [-0.2, -0.15) is 0 Å². The van der Waals surface area contributed by atoms with Gasteiger partial charge in [0.1, 0.15) is 5.82 Å². The summed E-state index contributed by atoms with van der Waals surface area (Å²) in [5, 5.41) is 3.16. The minimum Gasteiger partial charge on any atom is -0.313 e. The summed E-state index contributed by atoms with van der Waals surface area (Å²) in [6.45, 7) is 4.84. The fraction of sp³-hybridized carbons (Fsp3) is 0.600. The third-order valence-electron chi connectivity index (χ3n) is 3.83. The number of hydrogen-bond acceptors (Lipinski definition) is 3. The molecular formula is C15H23FN2O2S. The molecule has 0 radical (unpaired) electrons. The van der Waals surface area contributed by atoms with Gasteiger partial charge >= 0.3 is 0 Å². The van der Waals surface area contributed by atoms with Gasteiger partial charge in [0.2, 0.25) is 10.0 Å². The summed E-state index contributed by atoms with van der Waals surface area (Å²) in [6, 6.07) is 2.97. The first-order valence-electron chi connectivity index (χ1n) is 7.46. The summed E-state index contributed by atoms with van der Waals surface area (Å²) < 4.78 is 41.4. The molecule has 1 saturated carbocycles. The molecule has 21 heavy (non-hydrogen) atoms. The molecule has 1 aliphatic rings. The molecule has 0 amide bonds. The van der Waals surface area contributed by atoms with Gasteiger partial charge in [0.05, 0.1) is 4.90 Å². The molecule has 4 nitrogen and oxygen atoms in total. The Hall–Kier alpha value is -0.980. The van der Waals surface area contributed by atoms with Gasteiger partial charge in [-0.25, -0.2) is 17.5 Å². The van der Waals surface area contributed by atoms with Crippen LogP contribution < -0.4 is 10.0 Å². The van der Waals surface area contributed by atoms with E-state index >= 15 is 0 Å². The molecule has 1 fully saturated rings. The van der Waals surface area contributed by atoms with E-state index in [4.69, 9.17) is 0 Å². The zero-order valence-corrected chi connectivity index (χ0v) is 13.4. The highest BCUT2D eigenvalue weighted by atomic mass is 32.2. The van der Waals surface area contributed by atoms with Crippen molar-refractivity contribution in [2.45, 2.75) is 57.0 Å². The van der Waals surface area contributed by atoms with E-state index in [9.17, 15) is 12.8 Å². The van der Waals surface area contributed by atoms with Crippen molar-refractivity contribution < 1.29 is 12.8 Å². The van der Waals surface area contributed by atoms with Crippen LogP contribution in [0.3, 0.4) is 0 Å². The molecule has 0 saturated heterocycles. The van der Waals surface area contributed by atoms with Gasteiger partial charge in [0.15, 0.2) is 0 Å². The SMILES string of the molecule is CCCNCc1cc(F)c(C)c(S(=O)(=O)NC2CCC2)c1. The third-order valence-corrected chi connectivity index (χ3v) is 5.48. The van der Waals surface area contributed by atoms with Crippen LogP contribution in [-0.4, -0.2) is 21.0 Å².